The largest absolute Gasteiger partial charge is 0.462 e. The average molecular weight is 835 g/mol. The number of esters is 2. The van der Waals surface area contributed by atoms with Crippen LogP contribution in [0.2, 0.25) is 0 Å². The van der Waals surface area contributed by atoms with Gasteiger partial charge in [-0.15, -0.1) is 0 Å². The molecule has 0 fully saturated rings. The monoisotopic (exact) mass is 835 g/mol. The van der Waals surface area contributed by atoms with Crippen molar-refractivity contribution in [3.05, 3.63) is 85.1 Å². The Hall–Kier alpha value is -2.92. The molecule has 344 valence electrons. The lowest BCUT2D eigenvalue weighted by Crippen LogP contribution is -2.30. The predicted molar refractivity (Wildman–Crippen MR) is 260 cm³/mol. The van der Waals surface area contributed by atoms with Crippen molar-refractivity contribution in [1.29, 1.82) is 0 Å². The van der Waals surface area contributed by atoms with Crippen LogP contribution in [0.4, 0.5) is 0 Å². The third-order valence-electron chi connectivity index (χ3n) is 10.4. The minimum Gasteiger partial charge on any atom is -0.462 e. The average Bonchev–Trinajstić information content (AvgIpc) is 3.25. The lowest BCUT2D eigenvalue weighted by Gasteiger charge is -2.18. The van der Waals surface area contributed by atoms with E-state index in [0.29, 0.717) is 19.4 Å². The molecule has 0 amide bonds. The topological polar surface area (TPSA) is 61.8 Å². The summed E-state index contributed by atoms with van der Waals surface area (Å²) in [5, 5.41) is 0. The Morgan fingerprint density at radius 2 is 0.750 bits per heavy atom. The molecule has 0 rings (SSSR count). The van der Waals surface area contributed by atoms with E-state index in [1.165, 1.54) is 89.9 Å². The first-order chi connectivity index (χ1) is 29.6. The van der Waals surface area contributed by atoms with E-state index in [2.05, 4.69) is 106 Å². The number of hydrogen-bond acceptors (Lipinski definition) is 5. The van der Waals surface area contributed by atoms with Gasteiger partial charge in [0.15, 0.2) is 6.10 Å². The molecule has 0 aromatic carbocycles. The Kier molecular flexibility index (Phi) is 48.0. The summed E-state index contributed by atoms with van der Waals surface area (Å²) in [6.07, 6.45) is 65.9. The van der Waals surface area contributed by atoms with Crippen LogP contribution in [0.15, 0.2) is 85.1 Å². The number of carbonyl (C=O) groups excluding carboxylic acids is 2. The highest BCUT2D eigenvalue weighted by Gasteiger charge is 2.17. The fraction of sp³-hybridized carbons (Fsp3) is 0.709. The highest BCUT2D eigenvalue weighted by atomic mass is 16.6. The second-order valence-corrected chi connectivity index (χ2v) is 16.3. The SMILES string of the molecule is CC/C=C\C/C=C\C/C=C\C/C=C\CCCCCCC(=O)OCC(COCCCCCCCCCC/C=C\C/C=C\C/C=C\CC)OC(=O)CCCCCCCCCCC. The lowest BCUT2D eigenvalue weighted by atomic mass is 10.1. The molecular weight excluding hydrogens is 741 g/mol. The van der Waals surface area contributed by atoms with Gasteiger partial charge in [0, 0.05) is 19.4 Å². The van der Waals surface area contributed by atoms with Crippen molar-refractivity contribution in [2.45, 2.75) is 232 Å². The van der Waals surface area contributed by atoms with E-state index in [1.807, 2.05) is 0 Å². The van der Waals surface area contributed by atoms with Crippen LogP contribution in [0, 0.1) is 0 Å². The summed E-state index contributed by atoms with van der Waals surface area (Å²) in [5.41, 5.74) is 0. The van der Waals surface area contributed by atoms with Crippen LogP contribution < -0.4 is 0 Å². The molecule has 5 nitrogen and oxygen atoms in total. The summed E-state index contributed by atoms with van der Waals surface area (Å²) in [7, 11) is 0. The summed E-state index contributed by atoms with van der Waals surface area (Å²) in [5.74, 6) is -0.431. The van der Waals surface area contributed by atoms with Gasteiger partial charge in [-0.25, -0.2) is 0 Å². The molecule has 0 aromatic heterocycles. The summed E-state index contributed by atoms with van der Waals surface area (Å²) >= 11 is 0. The van der Waals surface area contributed by atoms with Crippen LogP contribution in [0.25, 0.3) is 0 Å². The third kappa shape index (κ3) is 47.8. The lowest BCUT2D eigenvalue weighted by molar-refractivity contribution is -0.163. The molecule has 0 spiro atoms. The molecule has 0 heterocycles. The van der Waals surface area contributed by atoms with Gasteiger partial charge in [0.1, 0.15) is 6.61 Å². The van der Waals surface area contributed by atoms with Gasteiger partial charge < -0.3 is 14.2 Å². The van der Waals surface area contributed by atoms with Gasteiger partial charge in [-0.2, -0.15) is 0 Å². The van der Waals surface area contributed by atoms with Gasteiger partial charge in [0.2, 0.25) is 0 Å². The molecule has 0 bridgehead atoms. The minimum absolute atomic E-state index is 0.0674. The molecular formula is C55H94O5. The molecule has 0 N–H and O–H groups in total. The first kappa shape index (κ1) is 57.1. The van der Waals surface area contributed by atoms with Gasteiger partial charge >= 0.3 is 11.9 Å². The maximum atomic E-state index is 12.7. The molecule has 60 heavy (non-hydrogen) atoms. The molecule has 5 heteroatoms. The van der Waals surface area contributed by atoms with Crippen LogP contribution in [0.5, 0.6) is 0 Å². The molecule has 0 aliphatic carbocycles. The molecule has 0 aromatic rings. The number of allylic oxidation sites excluding steroid dienone is 14. The number of ether oxygens (including phenoxy) is 3. The smallest absolute Gasteiger partial charge is 0.306 e. The Bertz CT molecular complexity index is 1130. The Morgan fingerprint density at radius 3 is 1.20 bits per heavy atom. The van der Waals surface area contributed by atoms with E-state index in [-0.39, 0.29) is 25.2 Å². The molecule has 1 unspecified atom stereocenters. The first-order valence-corrected chi connectivity index (χ1v) is 25.1. The van der Waals surface area contributed by atoms with Gasteiger partial charge in [0.05, 0.1) is 6.61 Å². The van der Waals surface area contributed by atoms with Gasteiger partial charge in [-0.1, -0.05) is 209 Å². The maximum absolute atomic E-state index is 12.7. The van der Waals surface area contributed by atoms with Crippen LogP contribution in [0.1, 0.15) is 226 Å². The van der Waals surface area contributed by atoms with E-state index < -0.39 is 6.10 Å². The number of unbranched alkanes of at least 4 members (excludes halogenated alkanes) is 20. The Morgan fingerprint density at radius 1 is 0.383 bits per heavy atom. The van der Waals surface area contributed by atoms with E-state index in [9.17, 15) is 9.59 Å². The third-order valence-corrected chi connectivity index (χ3v) is 10.4. The second kappa shape index (κ2) is 50.4. The number of rotatable bonds is 45. The van der Waals surface area contributed by atoms with Crippen molar-refractivity contribution >= 4 is 11.9 Å². The van der Waals surface area contributed by atoms with Crippen LogP contribution in [0.3, 0.4) is 0 Å². The molecule has 0 saturated heterocycles. The normalized spacial score (nSPS) is 12.9. The summed E-state index contributed by atoms with van der Waals surface area (Å²) < 4.78 is 17.3. The molecule has 0 saturated carbocycles. The fourth-order valence-corrected chi connectivity index (χ4v) is 6.75. The number of hydrogen-bond donors (Lipinski definition) is 0. The quantitative estimate of drug-likeness (QED) is 0.0347. The zero-order valence-corrected chi connectivity index (χ0v) is 39.5. The second-order valence-electron chi connectivity index (χ2n) is 16.3. The van der Waals surface area contributed by atoms with Crippen molar-refractivity contribution in [3.8, 4) is 0 Å². The minimum atomic E-state index is -0.551. The molecule has 1 atom stereocenters. The van der Waals surface area contributed by atoms with Crippen molar-refractivity contribution < 1.29 is 23.8 Å². The highest BCUT2D eigenvalue weighted by Crippen LogP contribution is 2.14. The van der Waals surface area contributed by atoms with Crippen molar-refractivity contribution in [2.75, 3.05) is 19.8 Å². The summed E-state index contributed by atoms with van der Waals surface area (Å²) in [6.45, 7) is 7.55. The van der Waals surface area contributed by atoms with E-state index in [4.69, 9.17) is 14.2 Å². The molecule has 0 aliphatic heterocycles. The molecule has 0 radical (unpaired) electrons. The number of carbonyl (C=O) groups is 2. The predicted octanol–water partition coefficient (Wildman–Crippen LogP) is 16.9. The zero-order valence-electron chi connectivity index (χ0n) is 39.5. The standard InChI is InChI=1S/C55H94O5/c1-4-7-10-13-16-19-21-23-25-27-29-31-33-35-38-41-44-47-50-58-51-53(60-55(57)49-46-43-40-36-18-15-12-9-6-3)52-59-54(56)48-45-42-39-37-34-32-30-28-26-24-22-20-17-14-11-8-5-2/h7-8,10-11,16-17,19-20,23-26,30,32,53H,4-6,9,12-15,18,21-22,27-29,31,33-52H2,1-3H3/b10-7-,11-8-,19-16-,20-17-,25-23-,26-24-,32-30-. The van der Waals surface area contributed by atoms with E-state index in [0.717, 1.165) is 103 Å². The van der Waals surface area contributed by atoms with Crippen molar-refractivity contribution in [2.24, 2.45) is 0 Å². The van der Waals surface area contributed by atoms with E-state index >= 15 is 0 Å². The summed E-state index contributed by atoms with van der Waals surface area (Å²) in [6, 6.07) is 0. The Balaban J connectivity index is 4.25. The summed E-state index contributed by atoms with van der Waals surface area (Å²) in [4.78, 5) is 25.3. The van der Waals surface area contributed by atoms with Crippen LogP contribution >= 0.6 is 0 Å². The maximum Gasteiger partial charge on any atom is 0.306 e. The fourth-order valence-electron chi connectivity index (χ4n) is 6.75. The first-order valence-electron chi connectivity index (χ1n) is 25.1. The van der Waals surface area contributed by atoms with Crippen molar-refractivity contribution in [1.82, 2.24) is 0 Å². The van der Waals surface area contributed by atoms with Gasteiger partial charge in [-0.3, -0.25) is 9.59 Å². The van der Waals surface area contributed by atoms with E-state index in [1.54, 1.807) is 0 Å². The molecule has 0 aliphatic rings. The van der Waals surface area contributed by atoms with Gasteiger partial charge in [0.25, 0.3) is 0 Å². The van der Waals surface area contributed by atoms with Crippen molar-refractivity contribution in [3.63, 3.8) is 0 Å². The van der Waals surface area contributed by atoms with Gasteiger partial charge in [-0.05, 0) is 89.9 Å². The van der Waals surface area contributed by atoms with Crippen LogP contribution in [-0.4, -0.2) is 37.9 Å². The van der Waals surface area contributed by atoms with Crippen LogP contribution in [-0.2, 0) is 23.8 Å². The highest BCUT2D eigenvalue weighted by molar-refractivity contribution is 5.70. The zero-order chi connectivity index (χ0) is 43.5. The Labute approximate surface area is 371 Å².